The number of rotatable bonds is 1. The number of sulfone groups is 1. The molecule has 0 N–H and O–H groups in total. The van der Waals surface area contributed by atoms with E-state index in [1.54, 1.807) is 24.9 Å². The third kappa shape index (κ3) is 2.13. The standard InChI is InChI=1S/C12H15NO4S/c1-8-4-9-6-13(2)7-18(15,16)11(9)5-10(8)12(14)17-3/h4-5H,6-7H2,1-3H3. The first kappa shape index (κ1) is 13.0. The molecule has 1 aliphatic heterocycles. The molecule has 0 unspecified atom stereocenters. The van der Waals surface area contributed by atoms with E-state index >= 15 is 0 Å². The first-order chi connectivity index (χ1) is 8.35. The van der Waals surface area contributed by atoms with Crippen molar-refractivity contribution in [3.63, 3.8) is 0 Å². The summed E-state index contributed by atoms with van der Waals surface area (Å²) in [5.74, 6) is -0.534. The smallest absolute Gasteiger partial charge is 0.338 e. The molecule has 6 heteroatoms. The van der Waals surface area contributed by atoms with E-state index in [2.05, 4.69) is 4.74 Å². The van der Waals surface area contributed by atoms with E-state index in [0.717, 1.165) is 11.1 Å². The van der Waals surface area contributed by atoms with Gasteiger partial charge in [0.25, 0.3) is 0 Å². The zero-order valence-electron chi connectivity index (χ0n) is 10.6. The summed E-state index contributed by atoms with van der Waals surface area (Å²) >= 11 is 0. The molecular weight excluding hydrogens is 254 g/mol. The number of carbonyl (C=O) groups excluding carboxylic acids is 1. The second kappa shape index (κ2) is 4.37. The van der Waals surface area contributed by atoms with Crippen LogP contribution in [0.15, 0.2) is 17.0 Å². The predicted molar refractivity (Wildman–Crippen MR) is 66.0 cm³/mol. The van der Waals surface area contributed by atoms with E-state index in [9.17, 15) is 13.2 Å². The second-order valence-corrected chi connectivity index (χ2v) is 6.45. The Morgan fingerprint density at radius 3 is 2.67 bits per heavy atom. The Morgan fingerprint density at radius 2 is 2.06 bits per heavy atom. The largest absolute Gasteiger partial charge is 0.465 e. The van der Waals surface area contributed by atoms with Gasteiger partial charge < -0.3 is 4.74 Å². The zero-order valence-corrected chi connectivity index (χ0v) is 11.4. The molecule has 0 amide bonds. The van der Waals surface area contributed by atoms with Gasteiger partial charge in [-0.05, 0) is 31.2 Å². The first-order valence-corrected chi connectivity index (χ1v) is 7.13. The van der Waals surface area contributed by atoms with Crippen LogP contribution in [-0.4, -0.2) is 39.3 Å². The summed E-state index contributed by atoms with van der Waals surface area (Å²) in [5.41, 5.74) is 1.77. The number of esters is 1. The third-order valence-electron chi connectivity index (χ3n) is 2.98. The Balaban J connectivity index is 2.65. The second-order valence-electron chi connectivity index (χ2n) is 4.52. The molecule has 1 aromatic rings. The zero-order chi connectivity index (χ0) is 13.5. The van der Waals surface area contributed by atoms with Gasteiger partial charge in [0.2, 0.25) is 0 Å². The molecule has 0 radical (unpaired) electrons. The molecular formula is C12H15NO4S. The van der Waals surface area contributed by atoms with Gasteiger partial charge in [0.1, 0.15) is 5.88 Å². The Hall–Kier alpha value is -1.40. The van der Waals surface area contributed by atoms with Crippen LogP contribution in [0.1, 0.15) is 21.5 Å². The maximum absolute atomic E-state index is 12.1. The van der Waals surface area contributed by atoms with Gasteiger partial charge in [0.15, 0.2) is 9.84 Å². The molecule has 0 aromatic heterocycles. The van der Waals surface area contributed by atoms with Crippen LogP contribution >= 0.6 is 0 Å². The van der Waals surface area contributed by atoms with Crippen molar-refractivity contribution in [1.29, 1.82) is 0 Å². The minimum absolute atomic E-state index is 0.0241. The summed E-state index contributed by atoms with van der Waals surface area (Å²) in [6.07, 6.45) is 0. The van der Waals surface area contributed by atoms with Gasteiger partial charge in [0, 0.05) is 6.54 Å². The lowest BCUT2D eigenvalue weighted by Gasteiger charge is -2.25. The number of methoxy groups -OCH3 is 1. The fourth-order valence-electron chi connectivity index (χ4n) is 2.19. The number of fused-ring (bicyclic) bond motifs is 1. The molecule has 0 fully saturated rings. The summed E-state index contributed by atoms with van der Waals surface area (Å²) in [6, 6.07) is 3.17. The van der Waals surface area contributed by atoms with Crippen molar-refractivity contribution >= 4 is 15.8 Å². The lowest BCUT2D eigenvalue weighted by molar-refractivity contribution is 0.0599. The van der Waals surface area contributed by atoms with Gasteiger partial charge in [-0.3, -0.25) is 4.90 Å². The molecule has 1 aliphatic rings. The van der Waals surface area contributed by atoms with Crippen molar-refractivity contribution in [3.8, 4) is 0 Å². The van der Waals surface area contributed by atoms with Crippen LogP contribution in [0.2, 0.25) is 0 Å². The lowest BCUT2D eigenvalue weighted by Crippen LogP contribution is -2.32. The molecule has 0 saturated carbocycles. The minimum atomic E-state index is -3.35. The summed E-state index contributed by atoms with van der Waals surface area (Å²) in [7, 11) is -0.319. The molecule has 18 heavy (non-hydrogen) atoms. The summed E-state index contributed by atoms with van der Waals surface area (Å²) in [5, 5.41) is 0. The van der Waals surface area contributed by atoms with E-state index in [4.69, 9.17) is 0 Å². The normalized spacial score (nSPS) is 18.2. The first-order valence-electron chi connectivity index (χ1n) is 5.48. The van der Waals surface area contributed by atoms with Crippen LogP contribution in [0.3, 0.4) is 0 Å². The van der Waals surface area contributed by atoms with Gasteiger partial charge in [-0.1, -0.05) is 6.07 Å². The van der Waals surface area contributed by atoms with Crippen LogP contribution < -0.4 is 0 Å². The Bertz CT molecular complexity index is 607. The lowest BCUT2D eigenvalue weighted by atomic mass is 10.0. The number of hydrogen-bond donors (Lipinski definition) is 0. The molecule has 5 nitrogen and oxygen atoms in total. The molecule has 98 valence electrons. The van der Waals surface area contributed by atoms with E-state index in [1.165, 1.54) is 13.2 Å². The molecule has 0 aliphatic carbocycles. The molecule has 0 spiro atoms. The fraction of sp³-hybridized carbons (Fsp3) is 0.417. The topological polar surface area (TPSA) is 63.7 Å². The Labute approximate surface area is 106 Å². The van der Waals surface area contributed by atoms with Crippen molar-refractivity contribution < 1.29 is 17.9 Å². The van der Waals surface area contributed by atoms with Gasteiger partial charge in [-0.2, -0.15) is 0 Å². The Morgan fingerprint density at radius 1 is 1.39 bits per heavy atom. The summed E-state index contributed by atoms with van der Waals surface area (Å²) in [6.45, 7) is 2.34. The number of nitrogens with zero attached hydrogens (tertiary/aromatic N) is 1. The van der Waals surface area contributed by atoms with Crippen LogP contribution in [0, 0.1) is 6.92 Å². The van der Waals surface area contributed by atoms with Gasteiger partial charge in [-0.25, -0.2) is 13.2 Å². The third-order valence-corrected chi connectivity index (χ3v) is 4.81. The minimum Gasteiger partial charge on any atom is -0.465 e. The molecule has 0 saturated heterocycles. The number of hydrogen-bond acceptors (Lipinski definition) is 5. The highest BCUT2D eigenvalue weighted by molar-refractivity contribution is 7.91. The maximum atomic E-state index is 12.1. The van der Waals surface area contributed by atoms with E-state index in [1.807, 2.05) is 0 Å². The fourth-order valence-corrected chi connectivity index (χ4v) is 3.82. The summed E-state index contributed by atoms with van der Waals surface area (Å²) in [4.78, 5) is 13.5. The average molecular weight is 269 g/mol. The highest BCUT2D eigenvalue weighted by atomic mass is 32.2. The van der Waals surface area contributed by atoms with Crippen molar-refractivity contribution in [2.75, 3.05) is 20.0 Å². The summed E-state index contributed by atoms with van der Waals surface area (Å²) < 4.78 is 28.8. The van der Waals surface area contributed by atoms with Crippen LogP contribution in [0.4, 0.5) is 0 Å². The van der Waals surface area contributed by atoms with Crippen molar-refractivity contribution in [3.05, 3.63) is 28.8 Å². The monoisotopic (exact) mass is 269 g/mol. The van der Waals surface area contributed by atoms with Crippen molar-refractivity contribution in [2.24, 2.45) is 0 Å². The van der Waals surface area contributed by atoms with E-state index in [-0.39, 0.29) is 10.8 Å². The van der Waals surface area contributed by atoms with Crippen LogP contribution in [0.25, 0.3) is 0 Å². The molecule has 0 atom stereocenters. The maximum Gasteiger partial charge on any atom is 0.338 e. The van der Waals surface area contributed by atoms with E-state index in [0.29, 0.717) is 12.1 Å². The Kier molecular flexibility index (Phi) is 3.16. The number of benzene rings is 1. The highest BCUT2D eigenvalue weighted by Gasteiger charge is 2.28. The van der Waals surface area contributed by atoms with Crippen LogP contribution in [0.5, 0.6) is 0 Å². The van der Waals surface area contributed by atoms with Crippen LogP contribution in [-0.2, 0) is 21.1 Å². The van der Waals surface area contributed by atoms with Gasteiger partial charge in [-0.15, -0.1) is 0 Å². The average Bonchev–Trinajstić information content (AvgIpc) is 2.25. The van der Waals surface area contributed by atoms with E-state index < -0.39 is 15.8 Å². The van der Waals surface area contributed by atoms with Gasteiger partial charge >= 0.3 is 5.97 Å². The quantitative estimate of drug-likeness (QED) is 0.710. The van der Waals surface area contributed by atoms with Crippen molar-refractivity contribution in [1.82, 2.24) is 4.90 Å². The highest BCUT2D eigenvalue weighted by Crippen LogP contribution is 2.27. The molecule has 2 rings (SSSR count). The number of aryl methyl sites for hydroxylation is 1. The number of ether oxygens (including phenoxy) is 1. The molecule has 1 heterocycles. The predicted octanol–water partition coefficient (Wildman–Crippen LogP) is 0.958. The van der Waals surface area contributed by atoms with Gasteiger partial charge in [0.05, 0.1) is 17.6 Å². The molecule has 0 bridgehead atoms. The van der Waals surface area contributed by atoms with Crippen molar-refractivity contribution in [2.45, 2.75) is 18.4 Å². The molecule has 1 aromatic carbocycles. The number of carbonyl (C=O) groups is 1. The SMILES string of the molecule is COC(=O)c1cc2c(cc1C)CN(C)CS2(=O)=O.